The Morgan fingerprint density at radius 3 is 1.43 bits per heavy atom. The molecule has 0 spiro atoms. The number of benzene rings is 1. The lowest BCUT2D eigenvalue weighted by Gasteiger charge is -2.22. The van der Waals surface area contributed by atoms with E-state index in [-0.39, 0.29) is 10.2 Å². The highest BCUT2D eigenvalue weighted by molar-refractivity contribution is 7.81. The van der Waals surface area contributed by atoms with Crippen molar-refractivity contribution in [3.8, 4) is 0 Å². The second kappa shape index (κ2) is 3.62. The van der Waals surface area contributed by atoms with Crippen LogP contribution in [0.5, 0.6) is 0 Å². The molecule has 0 aliphatic rings. The SMILES string of the molecule is CC(C)(C)c1ccc(C(C)(C)S)cc1. The van der Waals surface area contributed by atoms with Gasteiger partial charge in [0.05, 0.1) is 0 Å². The Bertz CT molecular complexity index is 262. The van der Waals surface area contributed by atoms with Crippen molar-refractivity contribution in [1.29, 1.82) is 0 Å². The molecule has 0 fully saturated rings. The van der Waals surface area contributed by atoms with Crippen molar-refractivity contribution in [2.24, 2.45) is 0 Å². The van der Waals surface area contributed by atoms with Gasteiger partial charge in [-0.3, -0.25) is 0 Å². The molecule has 0 unspecified atom stereocenters. The molecule has 0 saturated carbocycles. The summed E-state index contributed by atoms with van der Waals surface area (Å²) >= 11 is 4.55. The zero-order valence-electron chi connectivity index (χ0n) is 9.76. The fourth-order valence-electron chi connectivity index (χ4n) is 1.38. The summed E-state index contributed by atoms with van der Waals surface area (Å²) in [5, 5.41) is 0. The van der Waals surface area contributed by atoms with E-state index in [1.165, 1.54) is 11.1 Å². The van der Waals surface area contributed by atoms with Gasteiger partial charge in [-0.05, 0) is 30.4 Å². The van der Waals surface area contributed by atoms with Crippen LogP contribution in [0.3, 0.4) is 0 Å². The van der Waals surface area contributed by atoms with Gasteiger partial charge in [-0.25, -0.2) is 0 Å². The zero-order valence-corrected chi connectivity index (χ0v) is 10.7. The third-order valence-electron chi connectivity index (χ3n) is 2.46. The Hall–Kier alpha value is -0.430. The topological polar surface area (TPSA) is 0 Å². The third-order valence-corrected chi connectivity index (χ3v) is 2.72. The van der Waals surface area contributed by atoms with Gasteiger partial charge in [0.25, 0.3) is 0 Å². The van der Waals surface area contributed by atoms with Gasteiger partial charge in [0.1, 0.15) is 0 Å². The maximum Gasteiger partial charge on any atom is 0.0322 e. The number of hydrogen-bond acceptors (Lipinski definition) is 1. The quantitative estimate of drug-likeness (QED) is 0.659. The first-order chi connectivity index (χ1) is 6.21. The Labute approximate surface area is 93.1 Å². The second-order valence-electron chi connectivity index (χ2n) is 5.39. The van der Waals surface area contributed by atoms with Gasteiger partial charge in [-0.2, -0.15) is 12.6 Å². The van der Waals surface area contributed by atoms with Crippen LogP contribution in [0, 0.1) is 0 Å². The molecule has 1 aromatic rings. The molecule has 1 rings (SSSR count). The monoisotopic (exact) mass is 208 g/mol. The van der Waals surface area contributed by atoms with E-state index in [1.54, 1.807) is 0 Å². The van der Waals surface area contributed by atoms with Gasteiger partial charge >= 0.3 is 0 Å². The van der Waals surface area contributed by atoms with Crippen LogP contribution in [-0.4, -0.2) is 0 Å². The van der Waals surface area contributed by atoms with Crippen LogP contribution in [0.2, 0.25) is 0 Å². The molecule has 0 heterocycles. The second-order valence-corrected chi connectivity index (χ2v) is 6.50. The molecule has 78 valence electrons. The lowest BCUT2D eigenvalue weighted by atomic mass is 9.86. The summed E-state index contributed by atoms with van der Waals surface area (Å²) in [7, 11) is 0. The molecule has 0 saturated heterocycles. The number of rotatable bonds is 1. The predicted molar refractivity (Wildman–Crippen MR) is 67.2 cm³/mol. The summed E-state index contributed by atoms with van der Waals surface area (Å²) in [4.78, 5) is 0. The van der Waals surface area contributed by atoms with Gasteiger partial charge < -0.3 is 0 Å². The Morgan fingerprint density at radius 2 is 1.14 bits per heavy atom. The van der Waals surface area contributed by atoms with Gasteiger partial charge in [0.15, 0.2) is 0 Å². The number of hydrogen-bond donors (Lipinski definition) is 1. The molecule has 0 radical (unpaired) electrons. The maximum atomic E-state index is 4.55. The van der Waals surface area contributed by atoms with E-state index in [2.05, 4.69) is 71.5 Å². The maximum absolute atomic E-state index is 4.55. The highest BCUT2D eigenvalue weighted by Gasteiger charge is 2.17. The van der Waals surface area contributed by atoms with Crippen molar-refractivity contribution in [2.75, 3.05) is 0 Å². The van der Waals surface area contributed by atoms with Gasteiger partial charge in [0, 0.05) is 4.75 Å². The molecule has 0 amide bonds. The standard InChI is InChI=1S/C13H20S/c1-12(2,3)10-6-8-11(9-7-10)13(4,5)14/h6-9,14H,1-5H3. The zero-order chi connectivity index (χ0) is 11.0. The highest BCUT2D eigenvalue weighted by atomic mass is 32.1. The van der Waals surface area contributed by atoms with E-state index in [0.29, 0.717) is 0 Å². The predicted octanol–water partition coefficient (Wildman–Crippen LogP) is 4.15. The molecule has 0 bridgehead atoms. The molecule has 1 aromatic carbocycles. The molecular weight excluding hydrogens is 188 g/mol. The highest BCUT2D eigenvalue weighted by Crippen LogP contribution is 2.29. The first-order valence-corrected chi connectivity index (χ1v) is 5.49. The Balaban J connectivity index is 3.02. The van der Waals surface area contributed by atoms with Crippen LogP contribution in [0.15, 0.2) is 24.3 Å². The molecule has 1 heteroatoms. The Kier molecular flexibility index (Phi) is 3.01. The van der Waals surface area contributed by atoms with E-state index in [4.69, 9.17) is 0 Å². The van der Waals surface area contributed by atoms with E-state index < -0.39 is 0 Å². The van der Waals surface area contributed by atoms with Crippen molar-refractivity contribution in [2.45, 2.75) is 44.8 Å². The van der Waals surface area contributed by atoms with Crippen molar-refractivity contribution >= 4 is 12.6 Å². The summed E-state index contributed by atoms with van der Waals surface area (Å²) in [5.41, 5.74) is 2.88. The summed E-state index contributed by atoms with van der Waals surface area (Å²) in [6.45, 7) is 10.9. The van der Waals surface area contributed by atoms with Crippen LogP contribution in [0.4, 0.5) is 0 Å². The Morgan fingerprint density at radius 1 is 0.786 bits per heavy atom. The first-order valence-electron chi connectivity index (χ1n) is 5.04. The minimum Gasteiger partial charge on any atom is -0.168 e. The molecule has 0 atom stereocenters. The van der Waals surface area contributed by atoms with Crippen molar-refractivity contribution in [3.05, 3.63) is 35.4 Å². The molecule has 0 nitrogen and oxygen atoms in total. The van der Waals surface area contributed by atoms with Crippen LogP contribution >= 0.6 is 12.6 Å². The van der Waals surface area contributed by atoms with E-state index in [0.717, 1.165) is 0 Å². The van der Waals surface area contributed by atoms with Gasteiger partial charge in [0.2, 0.25) is 0 Å². The molecule has 0 N–H and O–H groups in total. The lowest BCUT2D eigenvalue weighted by molar-refractivity contribution is 0.589. The third kappa shape index (κ3) is 2.78. The van der Waals surface area contributed by atoms with E-state index in [9.17, 15) is 0 Å². The summed E-state index contributed by atoms with van der Waals surface area (Å²) in [6.07, 6.45) is 0. The van der Waals surface area contributed by atoms with Gasteiger partial charge in [-0.15, -0.1) is 0 Å². The molecule has 0 aromatic heterocycles. The number of thiol groups is 1. The normalized spacial score (nSPS) is 13.0. The van der Waals surface area contributed by atoms with Crippen molar-refractivity contribution in [1.82, 2.24) is 0 Å². The smallest absolute Gasteiger partial charge is 0.0322 e. The minimum absolute atomic E-state index is 0.0452. The molecule has 14 heavy (non-hydrogen) atoms. The van der Waals surface area contributed by atoms with Crippen molar-refractivity contribution in [3.63, 3.8) is 0 Å². The fourth-order valence-corrected chi connectivity index (χ4v) is 1.53. The first kappa shape index (κ1) is 11.6. The molecular formula is C13H20S. The van der Waals surface area contributed by atoms with Gasteiger partial charge in [-0.1, -0.05) is 45.0 Å². The largest absolute Gasteiger partial charge is 0.168 e. The van der Waals surface area contributed by atoms with Crippen LogP contribution in [0.25, 0.3) is 0 Å². The fraction of sp³-hybridized carbons (Fsp3) is 0.538. The lowest BCUT2D eigenvalue weighted by Crippen LogP contribution is -2.12. The van der Waals surface area contributed by atoms with Crippen LogP contribution in [-0.2, 0) is 10.2 Å². The average molecular weight is 208 g/mol. The van der Waals surface area contributed by atoms with E-state index in [1.807, 2.05) is 0 Å². The molecule has 0 aliphatic heterocycles. The molecule has 0 aliphatic carbocycles. The average Bonchev–Trinajstić information content (AvgIpc) is 2.01. The summed E-state index contributed by atoms with van der Waals surface area (Å²) < 4.78 is -0.0452. The van der Waals surface area contributed by atoms with Crippen LogP contribution < -0.4 is 0 Å². The van der Waals surface area contributed by atoms with Crippen LogP contribution in [0.1, 0.15) is 45.7 Å². The summed E-state index contributed by atoms with van der Waals surface area (Å²) in [5.74, 6) is 0. The summed E-state index contributed by atoms with van der Waals surface area (Å²) in [6, 6.07) is 8.75. The van der Waals surface area contributed by atoms with Crippen molar-refractivity contribution < 1.29 is 0 Å². The van der Waals surface area contributed by atoms with E-state index >= 15 is 0 Å². The minimum atomic E-state index is -0.0452.